The van der Waals surface area contributed by atoms with Gasteiger partial charge in [-0.25, -0.2) is 0 Å². The van der Waals surface area contributed by atoms with Crippen LogP contribution in [-0.4, -0.2) is 7.11 Å². The largest absolute Gasteiger partial charge is 0.355 e. The maximum absolute atomic E-state index is 7.02. The van der Waals surface area contributed by atoms with E-state index in [1.54, 1.807) is 7.11 Å². The average molecular weight is 408 g/mol. The average Bonchev–Trinajstić information content (AvgIpc) is 3.22. The van der Waals surface area contributed by atoms with Gasteiger partial charge in [-0.1, -0.05) is 80.6 Å². The predicted molar refractivity (Wildman–Crippen MR) is 128 cm³/mol. The van der Waals surface area contributed by atoms with Crippen LogP contribution >= 0.6 is 0 Å². The second kappa shape index (κ2) is 6.66. The van der Waals surface area contributed by atoms with E-state index < -0.39 is 5.72 Å². The molecular formula is C29H29NO. The van der Waals surface area contributed by atoms with E-state index in [9.17, 15) is 0 Å². The fourth-order valence-corrected chi connectivity index (χ4v) is 6.27. The van der Waals surface area contributed by atoms with Gasteiger partial charge in [0.2, 0.25) is 0 Å². The fourth-order valence-electron chi connectivity index (χ4n) is 6.27. The normalized spacial score (nSPS) is 31.1. The Balaban J connectivity index is 1.53. The lowest BCUT2D eigenvalue weighted by Crippen LogP contribution is -2.39. The lowest BCUT2D eigenvalue weighted by Gasteiger charge is -2.31. The van der Waals surface area contributed by atoms with Crippen molar-refractivity contribution >= 4 is 16.3 Å². The summed E-state index contributed by atoms with van der Waals surface area (Å²) in [4.78, 5) is 0. The number of allylic oxidation sites excluding steroid dienone is 2. The minimum Gasteiger partial charge on any atom is -0.355 e. The molecule has 3 aliphatic rings. The summed E-state index contributed by atoms with van der Waals surface area (Å²) >= 11 is 0. The molecule has 2 N–H and O–H groups in total. The number of fused-ring (bicyclic) bond motifs is 5. The summed E-state index contributed by atoms with van der Waals surface area (Å²) in [6, 6.07) is 21.8. The molecule has 156 valence electrons. The third-order valence-corrected chi connectivity index (χ3v) is 8.21. The number of methoxy groups -OCH3 is 1. The van der Waals surface area contributed by atoms with Crippen molar-refractivity contribution in [1.82, 2.24) is 0 Å². The Morgan fingerprint density at radius 1 is 0.935 bits per heavy atom. The van der Waals surface area contributed by atoms with Gasteiger partial charge in [-0.2, -0.15) is 0 Å². The molecule has 5 unspecified atom stereocenters. The van der Waals surface area contributed by atoms with Crippen LogP contribution in [-0.2, 0) is 10.5 Å². The van der Waals surface area contributed by atoms with Crippen LogP contribution < -0.4 is 5.73 Å². The molecule has 5 atom stereocenters. The Morgan fingerprint density at radius 3 is 2.58 bits per heavy atom. The van der Waals surface area contributed by atoms with Crippen molar-refractivity contribution in [3.63, 3.8) is 0 Å². The zero-order valence-electron chi connectivity index (χ0n) is 18.4. The standard InChI is InChI=1S/C29H29NO/c1-17-13-21-14-26-24-12-11-20(23-10-6-8-19-7-4-5-9-22(19)23)15-27(24)29(30,31-3)28(26)16-25(21)18(17)2/h4-12,14-18,21,25H,13,30H2,1-3H3. The molecule has 31 heavy (non-hydrogen) atoms. The van der Waals surface area contributed by atoms with E-state index in [2.05, 4.69) is 86.7 Å². The van der Waals surface area contributed by atoms with E-state index in [4.69, 9.17) is 10.5 Å². The number of benzene rings is 3. The lowest BCUT2D eigenvalue weighted by atomic mass is 9.80. The quantitative estimate of drug-likeness (QED) is 0.492. The number of rotatable bonds is 2. The molecule has 3 aliphatic carbocycles. The lowest BCUT2D eigenvalue weighted by molar-refractivity contribution is 0.0306. The van der Waals surface area contributed by atoms with E-state index in [0.717, 1.165) is 17.1 Å². The SMILES string of the molecule is COC1(N)C2=CC3C(C=C2c2ccc(-c4cccc5ccccc45)cc21)CC(C)C3C. The van der Waals surface area contributed by atoms with Crippen molar-refractivity contribution in [2.24, 2.45) is 29.4 Å². The Morgan fingerprint density at radius 2 is 1.74 bits per heavy atom. The topological polar surface area (TPSA) is 35.2 Å². The van der Waals surface area contributed by atoms with E-state index in [-0.39, 0.29) is 0 Å². The Kier molecular flexibility index (Phi) is 4.09. The van der Waals surface area contributed by atoms with Gasteiger partial charge in [0, 0.05) is 18.2 Å². The molecule has 0 heterocycles. The first kappa shape index (κ1) is 19.0. The van der Waals surface area contributed by atoms with Gasteiger partial charge < -0.3 is 4.74 Å². The summed E-state index contributed by atoms with van der Waals surface area (Å²) in [6.45, 7) is 4.77. The highest BCUT2D eigenvalue weighted by molar-refractivity contribution is 5.98. The van der Waals surface area contributed by atoms with Gasteiger partial charge in [0.25, 0.3) is 0 Å². The van der Waals surface area contributed by atoms with E-state index in [1.165, 1.54) is 39.5 Å². The van der Waals surface area contributed by atoms with Gasteiger partial charge in [0.15, 0.2) is 5.72 Å². The molecule has 2 nitrogen and oxygen atoms in total. The maximum atomic E-state index is 7.02. The van der Waals surface area contributed by atoms with E-state index in [0.29, 0.717) is 17.8 Å². The molecular weight excluding hydrogens is 378 g/mol. The van der Waals surface area contributed by atoms with Crippen molar-refractivity contribution in [3.05, 3.63) is 89.5 Å². The zero-order chi connectivity index (χ0) is 21.3. The van der Waals surface area contributed by atoms with Crippen LogP contribution in [0.3, 0.4) is 0 Å². The van der Waals surface area contributed by atoms with Crippen molar-refractivity contribution in [1.29, 1.82) is 0 Å². The Bertz CT molecular complexity index is 1260. The van der Waals surface area contributed by atoms with Crippen LogP contribution in [0.15, 0.2) is 78.4 Å². The van der Waals surface area contributed by atoms with Crippen LogP contribution in [0.1, 0.15) is 31.4 Å². The highest BCUT2D eigenvalue weighted by Crippen LogP contribution is 2.56. The zero-order valence-corrected chi connectivity index (χ0v) is 18.4. The fraction of sp³-hybridized carbons (Fsp3) is 0.310. The summed E-state index contributed by atoms with van der Waals surface area (Å²) in [5.41, 5.74) is 13.3. The summed E-state index contributed by atoms with van der Waals surface area (Å²) in [5.74, 6) is 2.57. The first-order valence-corrected chi connectivity index (χ1v) is 11.4. The Labute approximate surface area is 184 Å². The summed E-state index contributed by atoms with van der Waals surface area (Å²) in [7, 11) is 1.74. The molecule has 0 spiro atoms. The number of ether oxygens (including phenoxy) is 1. The van der Waals surface area contributed by atoms with Crippen molar-refractivity contribution in [2.75, 3.05) is 7.11 Å². The summed E-state index contributed by atoms with van der Waals surface area (Å²) in [6.07, 6.45) is 6.19. The van der Waals surface area contributed by atoms with Crippen molar-refractivity contribution in [3.8, 4) is 11.1 Å². The number of nitrogens with two attached hydrogens (primary N) is 1. The highest BCUT2D eigenvalue weighted by Gasteiger charge is 2.48. The van der Waals surface area contributed by atoms with Gasteiger partial charge >= 0.3 is 0 Å². The molecule has 1 saturated carbocycles. The smallest absolute Gasteiger partial charge is 0.169 e. The van der Waals surface area contributed by atoms with Gasteiger partial charge in [-0.15, -0.1) is 0 Å². The van der Waals surface area contributed by atoms with E-state index >= 15 is 0 Å². The molecule has 6 rings (SSSR count). The van der Waals surface area contributed by atoms with Crippen LogP contribution in [0.4, 0.5) is 0 Å². The van der Waals surface area contributed by atoms with E-state index in [1.807, 2.05) is 0 Å². The van der Waals surface area contributed by atoms with Crippen molar-refractivity contribution < 1.29 is 4.74 Å². The molecule has 0 bridgehead atoms. The second-order valence-corrected chi connectivity index (χ2v) is 9.70. The Hall–Kier alpha value is -2.68. The summed E-state index contributed by atoms with van der Waals surface area (Å²) in [5, 5.41) is 2.51. The number of hydrogen-bond acceptors (Lipinski definition) is 2. The molecule has 2 heteroatoms. The predicted octanol–water partition coefficient (Wildman–Crippen LogP) is 6.51. The second-order valence-electron chi connectivity index (χ2n) is 9.70. The first-order chi connectivity index (χ1) is 15.0. The molecule has 3 aromatic rings. The molecule has 0 aliphatic heterocycles. The molecule has 1 fully saturated rings. The van der Waals surface area contributed by atoms with Crippen LogP contribution in [0, 0.1) is 23.7 Å². The molecule has 0 amide bonds. The molecule has 0 radical (unpaired) electrons. The third-order valence-electron chi connectivity index (χ3n) is 8.21. The van der Waals surface area contributed by atoms with Crippen LogP contribution in [0.5, 0.6) is 0 Å². The molecule has 0 aromatic heterocycles. The highest BCUT2D eigenvalue weighted by atomic mass is 16.5. The molecule has 3 aromatic carbocycles. The molecule has 0 saturated heterocycles. The first-order valence-electron chi connectivity index (χ1n) is 11.4. The van der Waals surface area contributed by atoms with Crippen LogP contribution in [0.2, 0.25) is 0 Å². The van der Waals surface area contributed by atoms with Gasteiger partial charge in [0.05, 0.1) is 0 Å². The van der Waals surface area contributed by atoms with Gasteiger partial charge in [0.1, 0.15) is 0 Å². The van der Waals surface area contributed by atoms with Crippen molar-refractivity contribution in [2.45, 2.75) is 26.0 Å². The monoisotopic (exact) mass is 407 g/mol. The minimum atomic E-state index is -0.891. The summed E-state index contributed by atoms with van der Waals surface area (Å²) < 4.78 is 6.05. The van der Waals surface area contributed by atoms with Gasteiger partial charge in [-0.3, -0.25) is 5.73 Å². The maximum Gasteiger partial charge on any atom is 0.169 e. The third kappa shape index (κ3) is 2.58. The van der Waals surface area contributed by atoms with Crippen LogP contribution in [0.25, 0.3) is 27.5 Å². The number of hydrogen-bond donors (Lipinski definition) is 1. The minimum absolute atomic E-state index is 0.554. The van der Waals surface area contributed by atoms with Gasteiger partial charge in [-0.05, 0) is 69.2 Å².